The van der Waals surface area contributed by atoms with Gasteiger partial charge in [-0.15, -0.1) is 0 Å². The lowest BCUT2D eigenvalue weighted by Gasteiger charge is -2.62. The Labute approximate surface area is 252 Å². The van der Waals surface area contributed by atoms with E-state index in [2.05, 4.69) is 41.5 Å². The summed E-state index contributed by atoms with van der Waals surface area (Å²) in [5, 5.41) is 0. The second-order valence-electron chi connectivity index (χ2n) is 16.5. The van der Waals surface area contributed by atoms with Crippen molar-refractivity contribution in [2.24, 2.45) is 32.5 Å². The Kier molecular flexibility index (Phi) is 13.5. The molecule has 0 bridgehead atoms. The van der Waals surface area contributed by atoms with Crippen LogP contribution in [0.5, 0.6) is 0 Å². The van der Waals surface area contributed by atoms with Crippen LogP contribution in [0.15, 0.2) is 0 Å². The molecule has 0 spiro atoms. The van der Waals surface area contributed by atoms with E-state index in [9.17, 15) is 19.0 Å². The van der Waals surface area contributed by atoms with Crippen molar-refractivity contribution in [2.45, 2.75) is 109 Å². The van der Waals surface area contributed by atoms with E-state index in [0.717, 1.165) is 12.8 Å². The van der Waals surface area contributed by atoms with E-state index >= 15 is 0 Å². The average molecular weight is 607 g/mol. The summed E-state index contributed by atoms with van der Waals surface area (Å²) < 4.78 is 30.0. The number of hydrogen-bond acceptors (Lipinski definition) is 6. The molecular formula is C32H65NO7P+. The molecule has 0 aromatic heterocycles. The van der Waals surface area contributed by atoms with E-state index in [1.807, 2.05) is 69.6 Å². The molecule has 1 N–H and O–H groups in total. The molecule has 0 heterocycles. The van der Waals surface area contributed by atoms with Gasteiger partial charge in [-0.3, -0.25) is 14.2 Å². The molecule has 3 unspecified atom stereocenters. The van der Waals surface area contributed by atoms with Gasteiger partial charge in [-0.25, -0.2) is 0 Å². The highest BCUT2D eigenvalue weighted by molar-refractivity contribution is 7.52. The van der Waals surface area contributed by atoms with Gasteiger partial charge in [0.25, 0.3) is 0 Å². The van der Waals surface area contributed by atoms with Crippen LogP contribution in [0.3, 0.4) is 0 Å². The van der Waals surface area contributed by atoms with Crippen molar-refractivity contribution in [1.29, 1.82) is 0 Å². The summed E-state index contributed by atoms with van der Waals surface area (Å²) in [6, 6.07) is 0. The van der Waals surface area contributed by atoms with E-state index < -0.39 is 40.6 Å². The van der Waals surface area contributed by atoms with Gasteiger partial charge in [0.2, 0.25) is 0 Å². The van der Waals surface area contributed by atoms with Crippen molar-refractivity contribution in [3.63, 3.8) is 0 Å². The Hall–Kier alpha value is -0.950. The van der Waals surface area contributed by atoms with Gasteiger partial charge in [0.05, 0.1) is 57.9 Å². The van der Waals surface area contributed by atoms with Gasteiger partial charge in [0.1, 0.15) is 6.61 Å². The van der Waals surface area contributed by atoms with Crippen molar-refractivity contribution in [3.8, 4) is 0 Å². The van der Waals surface area contributed by atoms with E-state index in [-0.39, 0.29) is 30.8 Å². The molecule has 244 valence electrons. The lowest BCUT2D eigenvalue weighted by atomic mass is 9.41. The fourth-order valence-electron chi connectivity index (χ4n) is 5.84. The smallest absolute Gasteiger partial charge is 0.333 e. The molecule has 0 aromatic rings. The number of unbranched alkanes of at least 4 members (excludes halogenated alkanes) is 1. The van der Waals surface area contributed by atoms with Crippen molar-refractivity contribution in [3.05, 3.63) is 0 Å². The third kappa shape index (κ3) is 10.0. The number of esters is 2. The van der Waals surface area contributed by atoms with Crippen LogP contribution in [0.4, 0.5) is 0 Å². The fraction of sp³-hybridized carbons (Fsp3) is 0.938. The largest absolute Gasteiger partial charge is 0.465 e. The minimum atomic E-state index is -3.80. The molecule has 41 heavy (non-hydrogen) atoms. The quantitative estimate of drug-likeness (QED) is 0.0850. The number of hydrogen-bond donors (Lipinski definition) is 1. The molecule has 0 saturated heterocycles. The van der Waals surface area contributed by atoms with Crippen LogP contribution in [-0.2, 0) is 28.2 Å². The van der Waals surface area contributed by atoms with Crippen LogP contribution < -0.4 is 0 Å². The Morgan fingerprint density at radius 1 is 0.756 bits per heavy atom. The standard InChI is InChI=1S/C32H64NO7P/c1-17-18-20-38-26(35)32(13,28(5,6)7)30(10,11)29(8,9)31(12,24-27(2,3)4)25(34)39-21-22-40-41(36,37)23-19-33(14,15)16/h17-24H2,1-16H3/p+1. The summed E-state index contributed by atoms with van der Waals surface area (Å²) >= 11 is 0. The predicted molar refractivity (Wildman–Crippen MR) is 168 cm³/mol. The molecule has 0 saturated carbocycles. The number of carbonyl (C=O) groups excluding carboxylic acids is 2. The molecule has 0 amide bonds. The Balaban J connectivity index is 6.33. The van der Waals surface area contributed by atoms with Crippen molar-refractivity contribution in [1.82, 2.24) is 0 Å². The maximum atomic E-state index is 14.0. The first-order valence-electron chi connectivity index (χ1n) is 15.1. The molecule has 3 atom stereocenters. The second kappa shape index (κ2) is 13.8. The maximum Gasteiger partial charge on any atom is 0.333 e. The zero-order chi connectivity index (χ0) is 32.9. The van der Waals surface area contributed by atoms with Gasteiger partial charge in [-0.2, -0.15) is 0 Å². The van der Waals surface area contributed by atoms with Crippen molar-refractivity contribution in [2.75, 3.05) is 53.7 Å². The zero-order valence-electron chi connectivity index (χ0n) is 29.4. The lowest BCUT2D eigenvalue weighted by molar-refractivity contribution is -0.867. The van der Waals surface area contributed by atoms with Crippen LogP contribution in [0.25, 0.3) is 0 Å². The summed E-state index contributed by atoms with van der Waals surface area (Å²) in [6.07, 6.45) is 2.24. The number of rotatable bonds is 16. The summed E-state index contributed by atoms with van der Waals surface area (Å²) in [6.45, 7) is 27.1. The van der Waals surface area contributed by atoms with Crippen molar-refractivity contribution >= 4 is 19.5 Å². The highest BCUT2D eigenvalue weighted by atomic mass is 31.2. The highest BCUT2D eigenvalue weighted by Gasteiger charge is 2.67. The lowest BCUT2D eigenvalue weighted by Crippen LogP contribution is -2.63. The van der Waals surface area contributed by atoms with Gasteiger partial charge in [0, 0.05) is 0 Å². The van der Waals surface area contributed by atoms with Crippen LogP contribution in [-0.4, -0.2) is 75.0 Å². The number of quaternary nitrogens is 1. The molecule has 8 nitrogen and oxygen atoms in total. The molecular weight excluding hydrogens is 541 g/mol. The summed E-state index contributed by atoms with van der Waals surface area (Å²) in [4.78, 5) is 38.1. The molecule has 0 fully saturated rings. The first-order valence-corrected chi connectivity index (χ1v) is 16.9. The van der Waals surface area contributed by atoms with Crippen LogP contribution in [0.1, 0.15) is 109 Å². The molecule has 0 aliphatic heterocycles. The molecule has 0 aromatic carbocycles. The molecule has 0 aliphatic carbocycles. The number of nitrogens with zero attached hydrogens (tertiary/aromatic N) is 1. The predicted octanol–water partition coefficient (Wildman–Crippen LogP) is 7.33. The van der Waals surface area contributed by atoms with Crippen LogP contribution >= 0.6 is 7.60 Å². The fourth-order valence-corrected chi connectivity index (χ4v) is 7.18. The summed E-state index contributed by atoms with van der Waals surface area (Å²) in [5.74, 6) is -0.673. The SMILES string of the molecule is CCCCOC(=O)C(C)(C(C)(C)C)C(C)(C)C(C)(C)C(C)(CC(C)(C)C)C(=O)OCCOP(=O)(O)CC[N+](C)(C)C. The van der Waals surface area contributed by atoms with Crippen LogP contribution in [0, 0.1) is 32.5 Å². The van der Waals surface area contributed by atoms with Crippen molar-refractivity contribution < 1.29 is 37.5 Å². The first kappa shape index (κ1) is 40.1. The summed E-state index contributed by atoms with van der Waals surface area (Å²) in [5.41, 5.74) is -4.17. The van der Waals surface area contributed by atoms with E-state index in [1.54, 1.807) is 0 Å². The van der Waals surface area contributed by atoms with Gasteiger partial charge in [0.15, 0.2) is 0 Å². The minimum Gasteiger partial charge on any atom is -0.465 e. The van der Waals surface area contributed by atoms with Crippen LogP contribution in [0.2, 0.25) is 0 Å². The maximum absolute atomic E-state index is 14.0. The first-order chi connectivity index (χ1) is 18.0. The van der Waals surface area contributed by atoms with Gasteiger partial charge in [-0.1, -0.05) is 82.6 Å². The third-order valence-electron chi connectivity index (χ3n) is 9.83. The molecule has 0 aliphatic rings. The van der Waals surface area contributed by atoms with E-state index in [0.29, 0.717) is 24.1 Å². The second-order valence-corrected chi connectivity index (χ2v) is 18.5. The normalized spacial score (nSPS) is 18.2. The number of ether oxygens (including phenoxy) is 2. The monoisotopic (exact) mass is 606 g/mol. The molecule has 0 rings (SSSR count). The van der Waals surface area contributed by atoms with Gasteiger partial charge >= 0.3 is 19.5 Å². The third-order valence-corrected chi connectivity index (χ3v) is 11.2. The average Bonchev–Trinajstić information content (AvgIpc) is 2.77. The topological polar surface area (TPSA) is 99.1 Å². The summed E-state index contributed by atoms with van der Waals surface area (Å²) in [7, 11) is 2.02. The Morgan fingerprint density at radius 2 is 1.24 bits per heavy atom. The zero-order valence-corrected chi connectivity index (χ0v) is 30.3. The Bertz CT molecular complexity index is 924. The van der Waals surface area contributed by atoms with Gasteiger partial charge < -0.3 is 23.4 Å². The van der Waals surface area contributed by atoms with Gasteiger partial charge in [-0.05, 0) is 48.3 Å². The molecule has 0 radical (unpaired) electrons. The Morgan fingerprint density at radius 3 is 1.66 bits per heavy atom. The highest BCUT2D eigenvalue weighted by Crippen LogP contribution is 2.66. The van der Waals surface area contributed by atoms with E-state index in [4.69, 9.17) is 14.0 Å². The minimum absolute atomic E-state index is 0.0210. The molecule has 9 heteroatoms. The van der Waals surface area contributed by atoms with E-state index in [1.165, 1.54) is 0 Å². The number of carbonyl (C=O) groups is 2.